The lowest BCUT2D eigenvalue weighted by Crippen LogP contribution is -1.99. The summed E-state index contributed by atoms with van der Waals surface area (Å²) in [4.78, 5) is 10.6. The van der Waals surface area contributed by atoms with E-state index in [9.17, 15) is 4.79 Å². The number of hydrogen-bond acceptors (Lipinski definition) is 2. The minimum atomic E-state index is -0.800. The fourth-order valence-corrected chi connectivity index (χ4v) is 1.99. The van der Waals surface area contributed by atoms with E-state index < -0.39 is 5.97 Å². The number of aromatic nitrogens is 2. The Labute approximate surface area is 106 Å². The van der Waals surface area contributed by atoms with Gasteiger partial charge in [-0.2, -0.15) is 5.10 Å². The van der Waals surface area contributed by atoms with E-state index in [4.69, 9.17) is 5.11 Å². The number of carboxylic acids is 1. The van der Waals surface area contributed by atoms with Crippen LogP contribution in [0, 0.1) is 13.8 Å². The van der Waals surface area contributed by atoms with Crippen LogP contribution >= 0.6 is 0 Å². The number of aromatic amines is 1. The molecule has 0 saturated heterocycles. The summed E-state index contributed by atoms with van der Waals surface area (Å²) >= 11 is 0. The van der Waals surface area contributed by atoms with Gasteiger partial charge in [0.1, 0.15) is 0 Å². The second-order valence-electron chi connectivity index (χ2n) is 4.43. The Morgan fingerprint density at radius 3 is 2.56 bits per heavy atom. The van der Waals surface area contributed by atoms with Gasteiger partial charge in [-0.25, -0.2) is 0 Å². The number of H-pyrrole nitrogens is 1. The average molecular weight is 244 g/mol. The highest BCUT2D eigenvalue weighted by molar-refractivity contribution is 5.71. The molecule has 0 atom stereocenters. The molecule has 1 aromatic heterocycles. The zero-order valence-corrected chi connectivity index (χ0v) is 10.5. The van der Waals surface area contributed by atoms with Gasteiger partial charge in [0, 0.05) is 17.7 Å². The lowest BCUT2D eigenvalue weighted by Gasteiger charge is -2.04. The van der Waals surface area contributed by atoms with Gasteiger partial charge in [-0.3, -0.25) is 9.89 Å². The monoisotopic (exact) mass is 244 g/mol. The molecular weight excluding hydrogens is 228 g/mol. The summed E-state index contributed by atoms with van der Waals surface area (Å²) in [5, 5.41) is 15.9. The van der Waals surface area contributed by atoms with Crippen molar-refractivity contribution < 1.29 is 9.90 Å². The molecule has 0 bridgehead atoms. The number of carboxylic acid groups (broad SMARTS) is 1. The summed E-state index contributed by atoms with van der Waals surface area (Å²) in [6.45, 7) is 3.99. The van der Waals surface area contributed by atoms with Crippen LogP contribution in [0.5, 0.6) is 0 Å². The highest BCUT2D eigenvalue weighted by Gasteiger charge is 2.13. The van der Waals surface area contributed by atoms with E-state index in [2.05, 4.69) is 10.2 Å². The molecule has 1 aromatic carbocycles. The van der Waals surface area contributed by atoms with E-state index in [1.54, 1.807) is 0 Å². The van der Waals surface area contributed by atoms with Crippen molar-refractivity contribution >= 4 is 5.97 Å². The molecule has 0 radical (unpaired) electrons. The molecule has 2 rings (SSSR count). The molecule has 0 unspecified atom stereocenters. The second-order valence-corrected chi connectivity index (χ2v) is 4.43. The highest BCUT2D eigenvalue weighted by Crippen LogP contribution is 2.26. The Morgan fingerprint density at radius 2 is 1.94 bits per heavy atom. The molecule has 0 aliphatic heterocycles. The molecule has 18 heavy (non-hydrogen) atoms. The zero-order chi connectivity index (χ0) is 13.1. The van der Waals surface area contributed by atoms with E-state index >= 15 is 0 Å². The van der Waals surface area contributed by atoms with Crippen LogP contribution in [0.25, 0.3) is 11.1 Å². The molecule has 2 aromatic rings. The Morgan fingerprint density at radius 1 is 1.28 bits per heavy atom. The van der Waals surface area contributed by atoms with Gasteiger partial charge in [0.05, 0.1) is 12.1 Å². The molecule has 4 heteroatoms. The third-order valence-corrected chi connectivity index (χ3v) is 2.94. The van der Waals surface area contributed by atoms with E-state index in [1.165, 1.54) is 5.56 Å². The number of rotatable bonds is 4. The van der Waals surface area contributed by atoms with Crippen LogP contribution in [0.4, 0.5) is 0 Å². The summed E-state index contributed by atoms with van der Waals surface area (Å²) in [6.07, 6.45) is 0.548. The van der Waals surface area contributed by atoms with Gasteiger partial charge in [-0.1, -0.05) is 29.8 Å². The lowest BCUT2D eigenvalue weighted by molar-refractivity contribution is -0.136. The molecule has 0 aliphatic carbocycles. The van der Waals surface area contributed by atoms with E-state index in [-0.39, 0.29) is 6.42 Å². The fourth-order valence-electron chi connectivity index (χ4n) is 1.99. The predicted octanol–water partition coefficient (Wildman–Crippen LogP) is 2.71. The third kappa shape index (κ3) is 2.59. The first-order valence-corrected chi connectivity index (χ1v) is 5.90. The maximum atomic E-state index is 10.6. The maximum Gasteiger partial charge on any atom is 0.303 e. The topological polar surface area (TPSA) is 66.0 Å². The Kier molecular flexibility index (Phi) is 3.46. The minimum absolute atomic E-state index is 0.100. The Balaban J connectivity index is 2.34. The predicted molar refractivity (Wildman–Crippen MR) is 69.5 cm³/mol. The standard InChI is InChI=1S/C14H16N2O2/c1-9-3-5-11(6-4-9)14-10(2)15-16-12(14)7-8-13(17)18/h3-6H,7-8H2,1-2H3,(H,15,16)(H,17,18). The van der Waals surface area contributed by atoms with Gasteiger partial charge >= 0.3 is 5.97 Å². The first-order chi connectivity index (χ1) is 8.58. The van der Waals surface area contributed by atoms with Crippen LogP contribution in [0.3, 0.4) is 0 Å². The molecule has 4 nitrogen and oxygen atoms in total. The lowest BCUT2D eigenvalue weighted by atomic mass is 10.0. The van der Waals surface area contributed by atoms with Crippen molar-refractivity contribution in [1.29, 1.82) is 0 Å². The normalized spacial score (nSPS) is 10.6. The number of benzene rings is 1. The number of hydrogen-bond donors (Lipinski definition) is 2. The summed E-state index contributed by atoms with van der Waals surface area (Å²) in [6, 6.07) is 8.17. The highest BCUT2D eigenvalue weighted by atomic mass is 16.4. The van der Waals surface area contributed by atoms with E-state index in [1.807, 2.05) is 38.1 Å². The molecule has 94 valence electrons. The molecule has 2 N–H and O–H groups in total. The number of nitrogens with one attached hydrogen (secondary N) is 1. The van der Waals surface area contributed by atoms with Gasteiger partial charge in [0.2, 0.25) is 0 Å². The van der Waals surface area contributed by atoms with Crippen LogP contribution in [0.2, 0.25) is 0 Å². The fraction of sp³-hybridized carbons (Fsp3) is 0.286. The molecule has 0 saturated carbocycles. The minimum Gasteiger partial charge on any atom is -0.481 e. The van der Waals surface area contributed by atoms with E-state index in [0.29, 0.717) is 6.42 Å². The van der Waals surface area contributed by atoms with Crippen LogP contribution in [-0.4, -0.2) is 21.3 Å². The zero-order valence-electron chi connectivity index (χ0n) is 10.5. The Hall–Kier alpha value is -2.10. The third-order valence-electron chi connectivity index (χ3n) is 2.94. The molecular formula is C14H16N2O2. The van der Waals surface area contributed by atoms with Gasteiger partial charge in [-0.05, 0) is 19.4 Å². The quantitative estimate of drug-likeness (QED) is 0.869. The number of carbonyl (C=O) groups is 1. The second kappa shape index (κ2) is 5.04. The van der Waals surface area contributed by atoms with Crippen LogP contribution in [0.15, 0.2) is 24.3 Å². The largest absolute Gasteiger partial charge is 0.481 e. The molecule has 1 heterocycles. The van der Waals surface area contributed by atoms with Crippen molar-refractivity contribution in [3.63, 3.8) is 0 Å². The van der Waals surface area contributed by atoms with Gasteiger partial charge < -0.3 is 5.11 Å². The van der Waals surface area contributed by atoms with Gasteiger partial charge in [0.15, 0.2) is 0 Å². The number of aryl methyl sites for hydroxylation is 3. The van der Waals surface area contributed by atoms with Crippen molar-refractivity contribution in [3.8, 4) is 11.1 Å². The smallest absolute Gasteiger partial charge is 0.303 e. The first-order valence-electron chi connectivity index (χ1n) is 5.90. The molecule has 0 spiro atoms. The number of nitrogens with zero attached hydrogens (tertiary/aromatic N) is 1. The van der Waals surface area contributed by atoms with Crippen molar-refractivity contribution in [2.24, 2.45) is 0 Å². The van der Waals surface area contributed by atoms with Gasteiger partial charge in [0.25, 0.3) is 0 Å². The number of aliphatic carboxylic acids is 1. The molecule has 0 fully saturated rings. The first kappa shape index (κ1) is 12.4. The average Bonchev–Trinajstić information content (AvgIpc) is 2.69. The summed E-state index contributed by atoms with van der Waals surface area (Å²) in [5.74, 6) is -0.800. The van der Waals surface area contributed by atoms with Crippen LogP contribution in [0.1, 0.15) is 23.4 Å². The van der Waals surface area contributed by atoms with Crippen molar-refractivity contribution in [3.05, 3.63) is 41.2 Å². The maximum absolute atomic E-state index is 10.6. The van der Waals surface area contributed by atoms with Gasteiger partial charge in [-0.15, -0.1) is 0 Å². The SMILES string of the molecule is Cc1ccc(-c2c(CCC(=O)O)n[nH]c2C)cc1. The summed E-state index contributed by atoms with van der Waals surface area (Å²) in [7, 11) is 0. The van der Waals surface area contributed by atoms with E-state index in [0.717, 1.165) is 22.5 Å². The Bertz CT molecular complexity index is 556. The van der Waals surface area contributed by atoms with Crippen molar-refractivity contribution in [2.75, 3.05) is 0 Å². The molecule has 0 amide bonds. The van der Waals surface area contributed by atoms with Crippen LogP contribution in [-0.2, 0) is 11.2 Å². The van der Waals surface area contributed by atoms with Crippen molar-refractivity contribution in [2.45, 2.75) is 26.7 Å². The van der Waals surface area contributed by atoms with Crippen molar-refractivity contribution in [1.82, 2.24) is 10.2 Å². The van der Waals surface area contributed by atoms with Crippen LogP contribution < -0.4 is 0 Å². The molecule has 0 aliphatic rings. The summed E-state index contributed by atoms with van der Waals surface area (Å²) < 4.78 is 0. The summed E-state index contributed by atoms with van der Waals surface area (Å²) in [5.41, 5.74) is 5.09.